The van der Waals surface area contributed by atoms with Gasteiger partial charge >= 0.3 is 5.69 Å². The van der Waals surface area contributed by atoms with Gasteiger partial charge in [-0.2, -0.15) is 0 Å². The zero-order valence-corrected chi connectivity index (χ0v) is 15.6. The molecule has 26 heavy (non-hydrogen) atoms. The lowest BCUT2D eigenvalue weighted by molar-refractivity contribution is -0.133. The second kappa shape index (κ2) is 8.18. The van der Waals surface area contributed by atoms with E-state index in [1.165, 1.54) is 10.8 Å². The average Bonchev–Trinajstić information content (AvgIpc) is 2.87. The first kappa shape index (κ1) is 18.8. The van der Waals surface area contributed by atoms with Gasteiger partial charge in [0.25, 0.3) is 5.56 Å². The summed E-state index contributed by atoms with van der Waals surface area (Å²) < 4.78 is 7.07. The number of H-pyrrole nitrogens is 1. The highest BCUT2D eigenvalue weighted by Crippen LogP contribution is 2.20. The van der Waals surface area contributed by atoms with Crippen LogP contribution in [0.25, 0.3) is 0 Å². The quantitative estimate of drug-likeness (QED) is 0.782. The van der Waals surface area contributed by atoms with Crippen LogP contribution in [0.5, 0.6) is 0 Å². The number of hydrogen-bond donors (Lipinski definition) is 1. The molecule has 2 saturated heterocycles. The summed E-state index contributed by atoms with van der Waals surface area (Å²) >= 11 is 0. The van der Waals surface area contributed by atoms with E-state index in [0.717, 1.165) is 25.9 Å². The minimum absolute atomic E-state index is 0.0499. The number of aryl methyl sites for hydroxylation is 1. The fourth-order valence-corrected chi connectivity index (χ4v) is 3.75. The maximum Gasteiger partial charge on any atom is 0.328 e. The van der Waals surface area contributed by atoms with Crippen molar-refractivity contribution in [3.8, 4) is 0 Å². The molecule has 3 heterocycles. The van der Waals surface area contributed by atoms with E-state index in [4.69, 9.17) is 4.74 Å². The summed E-state index contributed by atoms with van der Waals surface area (Å²) in [5.74, 6) is 0.199. The largest absolute Gasteiger partial charge is 0.379 e. The van der Waals surface area contributed by atoms with Crippen LogP contribution < -0.4 is 11.2 Å². The fraction of sp³-hybridized carbons (Fsp3) is 0.722. The smallest absolute Gasteiger partial charge is 0.328 e. The summed E-state index contributed by atoms with van der Waals surface area (Å²) in [7, 11) is 0. The van der Waals surface area contributed by atoms with Gasteiger partial charge in [0.15, 0.2) is 0 Å². The number of nitrogens with one attached hydrogen (secondary N) is 1. The summed E-state index contributed by atoms with van der Waals surface area (Å²) in [5, 5.41) is 0. The second-order valence-electron chi connectivity index (χ2n) is 7.40. The molecular weight excluding hydrogens is 336 g/mol. The Morgan fingerprint density at radius 3 is 2.85 bits per heavy atom. The van der Waals surface area contributed by atoms with Crippen molar-refractivity contribution in [3.63, 3.8) is 0 Å². The van der Waals surface area contributed by atoms with Crippen LogP contribution in [-0.4, -0.2) is 70.7 Å². The third-order valence-electron chi connectivity index (χ3n) is 5.23. The molecule has 8 heteroatoms. The minimum atomic E-state index is -0.545. The molecule has 2 aliphatic rings. The van der Waals surface area contributed by atoms with Gasteiger partial charge in [-0.3, -0.25) is 24.0 Å². The van der Waals surface area contributed by atoms with Gasteiger partial charge in [0.05, 0.1) is 19.3 Å². The highest BCUT2D eigenvalue weighted by Gasteiger charge is 2.34. The molecule has 0 unspecified atom stereocenters. The second-order valence-corrected chi connectivity index (χ2v) is 7.40. The van der Waals surface area contributed by atoms with Gasteiger partial charge in [0.2, 0.25) is 5.91 Å². The number of hydrogen-bond acceptors (Lipinski definition) is 5. The third-order valence-corrected chi connectivity index (χ3v) is 5.23. The maximum atomic E-state index is 12.8. The monoisotopic (exact) mass is 364 g/mol. The first-order valence-corrected chi connectivity index (χ1v) is 9.38. The van der Waals surface area contributed by atoms with E-state index >= 15 is 0 Å². The Bertz CT molecular complexity index is 756. The first-order valence-electron chi connectivity index (χ1n) is 9.38. The van der Waals surface area contributed by atoms with Crippen LogP contribution in [0.15, 0.2) is 15.8 Å². The summed E-state index contributed by atoms with van der Waals surface area (Å²) in [6.45, 7) is 8.31. The van der Waals surface area contributed by atoms with Gasteiger partial charge in [-0.05, 0) is 19.9 Å². The maximum absolute atomic E-state index is 12.8. The lowest BCUT2D eigenvalue weighted by atomic mass is 10.1. The predicted molar refractivity (Wildman–Crippen MR) is 97.2 cm³/mol. The normalized spacial score (nSPS) is 23.7. The zero-order valence-electron chi connectivity index (χ0n) is 15.6. The van der Waals surface area contributed by atoms with Crippen LogP contribution in [0.4, 0.5) is 0 Å². The van der Waals surface area contributed by atoms with Crippen LogP contribution in [-0.2, 0) is 16.1 Å². The summed E-state index contributed by atoms with van der Waals surface area (Å²) in [5.41, 5.74) is -0.534. The molecule has 2 fully saturated rings. The van der Waals surface area contributed by atoms with Crippen molar-refractivity contribution < 1.29 is 9.53 Å². The van der Waals surface area contributed by atoms with E-state index < -0.39 is 11.2 Å². The number of nitrogens with zero attached hydrogens (tertiary/aromatic N) is 3. The molecule has 0 spiro atoms. The van der Waals surface area contributed by atoms with Crippen molar-refractivity contribution in [1.82, 2.24) is 19.4 Å². The Hall–Kier alpha value is -1.93. The molecule has 0 aromatic carbocycles. The number of fused-ring (bicyclic) bond motifs is 3. The molecule has 1 amide bonds. The van der Waals surface area contributed by atoms with Crippen LogP contribution in [0.2, 0.25) is 0 Å². The van der Waals surface area contributed by atoms with E-state index in [0.29, 0.717) is 31.9 Å². The Balaban J connectivity index is 1.73. The highest BCUT2D eigenvalue weighted by molar-refractivity contribution is 5.76. The third kappa shape index (κ3) is 4.24. The van der Waals surface area contributed by atoms with Crippen molar-refractivity contribution in [3.05, 3.63) is 32.6 Å². The van der Waals surface area contributed by atoms with Crippen LogP contribution in [0, 0.1) is 12.8 Å². The molecule has 0 saturated carbocycles. The summed E-state index contributed by atoms with van der Waals surface area (Å²) in [6, 6.07) is 0.201. The Morgan fingerprint density at radius 2 is 2.08 bits per heavy atom. The Morgan fingerprint density at radius 1 is 1.27 bits per heavy atom. The molecular formula is C18H28N4O4. The van der Waals surface area contributed by atoms with Crippen molar-refractivity contribution in [2.75, 3.05) is 39.4 Å². The summed E-state index contributed by atoms with van der Waals surface area (Å²) in [6.07, 6.45) is 3.74. The molecule has 144 valence electrons. The van der Waals surface area contributed by atoms with Crippen LogP contribution >= 0.6 is 0 Å². The van der Waals surface area contributed by atoms with Gasteiger partial charge < -0.3 is 9.64 Å². The number of amides is 1. The lowest BCUT2D eigenvalue weighted by Gasteiger charge is -2.31. The number of carbonyl (C=O) groups is 1. The van der Waals surface area contributed by atoms with E-state index in [1.54, 1.807) is 6.92 Å². The first-order chi connectivity index (χ1) is 12.5. The Labute approximate surface area is 152 Å². The van der Waals surface area contributed by atoms with Crippen molar-refractivity contribution >= 4 is 5.91 Å². The SMILES string of the molecule is CCCCN1C[C@H]2COC[C@@H]1CN(C(=O)Cn1cc(C)c(=O)[nH]c1=O)C2. The van der Waals surface area contributed by atoms with E-state index in [-0.39, 0.29) is 24.4 Å². The zero-order chi connectivity index (χ0) is 18.7. The predicted octanol–water partition coefficient (Wildman–Crippen LogP) is -0.196. The van der Waals surface area contributed by atoms with Crippen LogP contribution in [0.1, 0.15) is 25.3 Å². The Kier molecular flexibility index (Phi) is 5.93. The molecule has 2 bridgehead atoms. The van der Waals surface area contributed by atoms with Crippen molar-refractivity contribution in [2.24, 2.45) is 5.92 Å². The fourth-order valence-electron chi connectivity index (χ4n) is 3.75. The van der Waals surface area contributed by atoms with Gasteiger partial charge in [0.1, 0.15) is 6.54 Å². The molecule has 0 radical (unpaired) electrons. The van der Waals surface area contributed by atoms with Crippen molar-refractivity contribution in [2.45, 2.75) is 39.3 Å². The number of carbonyl (C=O) groups excluding carboxylic acids is 1. The highest BCUT2D eigenvalue weighted by atomic mass is 16.5. The lowest BCUT2D eigenvalue weighted by Crippen LogP contribution is -2.47. The number of ether oxygens (including phenoxy) is 1. The number of aromatic nitrogens is 2. The van der Waals surface area contributed by atoms with Crippen molar-refractivity contribution in [1.29, 1.82) is 0 Å². The molecule has 3 rings (SSSR count). The molecule has 0 aliphatic carbocycles. The van der Waals surface area contributed by atoms with Gasteiger partial charge in [0, 0.05) is 37.3 Å². The van der Waals surface area contributed by atoms with Gasteiger partial charge in [-0.15, -0.1) is 0 Å². The topological polar surface area (TPSA) is 87.6 Å². The van der Waals surface area contributed by atoms with Gasteiger partial charge in [-0.1, -0.05) is 13.3 Å². The van der Waals surface area contributed by atoms with Gasteiger partial charge in [-0.25, -0.2) is 4.79 Å². The van der Waals surface area contributed by atoms with E-state index in [1.807, 2.05) is 4.90 Å². The summed E-state index contributed by atoms with van der Waals surface area (Å²) in [4.78, 5) is 42.8. The number of unbranched alkanes of at least 4 members (excludes halogenated alkanes) is 1. The standard InChI is InChI=1S/C18H28N4O4/c1-3-4-5-20-7-14-8-21(9-15(20)12-26-11-14)16(23)10-22-6-13(2)17(24)19-18(22)25/h6,14-15H,3-5,7-12H2,1-2H3,(H,19,24,25)/t14-,15+/m1/s1. The molecule has 1 aromatic rings. The number of rotatable bonds is 5. The average molecular weight is 364 g/mol. The molecule has 1 N–H and O–H groups in total. The molecule has 8 nitrogen and oxygen atoms in total. The number of aromatic amines is 1. The molecule has 2 aliphatic heterocycles. The van der Waals surface area contributed by atoms with E-state index in [2.05, 4.69) is 16.8 Å². The minimum Gasteiger partial charge on any atom is -0.379 e. The van der Waals surface area contributed by atoms with Crippen LogP contribution in [0.3, 0.4) is 0 Å². The molecule has 1 aromatic heterocycles. The van der Waals surface area contributed by atoms with E-state index in [9.17, 15) is 14.4 Å². The molecule has 2 atom stereocenters.